The highest BCUT2D eigenvalue weighted by Crippen LogP contribution is 2.26. The maximum atomic E-state index is 11.9. The lowest BCUT2D eigenvalue weighted by atomic mass is 9.87. The fourth-order valence-electron chi connectivity index (χ4n) is 2.35. The molecule has 0 spiro atoms. The molecule has 1 N–H and O–H groups in total. The monoisotopic (exact) mass is 266 g/mol. The van der Waals surface area contributed by atoms with Gasteiger partial charge in [-0.1, -0.05) is 36.4 Å². The predicted octanol–water partition coefficient (Wildman–Crippen LogP) is 3.13. The van der Waals surface area contributed by atoms with Crippen molar-refractivity contribution in [2.75, 3.05) is 0 Å². The van der Waals surface area contributed by atoms with Crippen LogP contribution in [-0.4, -0.2) is 11.4 Å². The molecule has 1 amide bonds. The van der Waals surface area contributed by atoms with E-state index in [9.17, 15) is 4.79 Å². The van der Waals surface area contributed by atoms with Gasteiger partial charge in [0, 0.05) is 5.54 Å². The second kappa shape index (κ2) is 5.34. The van der Waals surface area contributed by atoms with Crippen LogP contribution in [0.2, 0.25) is 0 Å². The van der Waals surface area contributed by atoms with E-state index in [1.54, 1.807) is 0 Å². The summed E-state index contributed by atoms with van der Waals surface area (Å²) >= 11 is 0. The number of allylic oxidation sites excluding steroid dienone is 1. The van der Waals surface area contributed by atoms with Crippen molar-refractivity contribution in [1.29, 1.82) is 5.26 Å². The van der Waals surface area contributed by atoms with Gasteiger partial charge in [-0.05, 0) is 43.9 Å². The van der Waals surface area contributed by atoms with E-state index in [1.165, 1.54) is 5.56 Å². The van der Waals surface area contributed by atoms with Crippen LogP contribution >= 0.6 is 0 Å². The quantitative estimate of drug-likeness (QED) is 0.894. The van der Waals surface area contributed by atoms with Crippen molar-refractivity contribution in [2.45, 2.75) is 32.7 Å². The molecule has 1 aliphatic rings. The molecule has 1 heterocycles. The Bertz CT molecular complexity index is 645. The number of amides is 1. The molecule has 3 nitrogen and oxygen atoms in total. The molecule has 0 aromatic heterocycles. The number of aryl methyl sites for hydroxylation is 1. The molecule has 0 aliphatic carbocycles. The minimum atomic E-state index is -0.317. The van der Waals surface area contributed by atoms with Gasteiger partial charge in [0.15, 0.2) is 0 Å². The Hall–Kier alpha value is -2.34. The van der Waals surface area contributed by atoms with Crippen LogP contribution in [0.1, 0.15) is 31.4 Å². The van der Waals surface area contributed by atoms with Gasteiger partial charge < -0.3 is 5.32 Å². The van der Waals surface area contributed by atoms with Gasteiger partial charge in [0.1, 0.15) is 11.6 Å². The first-order valence-electron chi connectivity index (χ1n) is 6.62. The molecule has 0 unspecified atom stereocenters. The van der Waals surface area contributed by atoms with Gasteiger partial charge >= 0.3 is 0 Å². The number of nitriles is 1. The lowest BCUT2D eigenvalue weighted by molar-refractivity contribution is -0.119. The van der Waals surface area contributed by atoms with Crippen molar-refractivity contribution >= 4 is 12.0 Å². The maximum absolute atomic E-state index is 11.9. The number of carbonyl (C=O) groups is 1. The molecule has 102 valence electrons. The molecule has 1 aliphatic heterocycles. The normalized spacial score (nSPS) is 18.0. The molecular weight excluding hydrogens is 248 g/mol. The summed E-state index contributed by atoms with van der Waals surface area (Å²) in [5.74, 6) is -0.284. The number of rotatable bonds is 2. The summed E-state index contributed by atoms with van der Waals surface area (Å²) in [7, 11) is 0. The van der Waals surface area contributed by atoms with E-state index < -0.39 is 0 Å². The minimum Gasteiger partial charge on any atom is -0.346 e. The zero-order chi connectivity index (χ0) is 14.8. The Morgan fingerprint density at radius 3 is 2.65 bits per heavy atom. The van der Waals surface area contributed by atoms with E-state index in [0.29, 0.717) is 6.42 Å². The van der Waals surface area contributed by atoms with Crippen LogP contribution in [0, 0.1) is 18.3 Å². The van der Waals surface area contributed by atoms with E-state index in [0.717, 1.165) is 11.1 Å². The topological polar surface area (TPSA) is 52.9 Å². The van der Waals surface area contributed by atoms with Crippen molar-refractivity contribution in [1.82, 2.24) is 5.32 Å². The van der Waals surface area contributed by atoms with E-state index >= 15 is 0 Å². The second-order valence-electron chi connectivity index (χ2n) is 5.72. The van der Waals surface area contributed by atoms with Crippen molar-refractivity contribution in [3.8, 4) is 6.07 Å². The van der Waals surface area contributed by atoms with E-state index in [1.807, 2.05) is 63.3 Å². The van der Waals surface area contributed by atoms with Crippen LogP contribution in [0.3, 0.4) is 0 Å². The van der Waals surface area contributed by atoms with Gasteiger partial charge in [0.25, 0.3) is 5.91 Å². The van der Waals surface area contributed by atoms with Crippen LogP contribution in [0.25, 0.3) is 6.08 Å². The third kappa shape index (κ3) is 2.97. The van der Waals surface area contributed by atoms with E-state index in [2.05, 4.69) is 5.32 Å². The highest BCUT2D eigenvalue weighted by molar-refractivity contribution is 6.00. The van der Waals surface area contributed by atoms with Gasteiger partial charge in [0.2, 0.25) is 0 Å². The fourth-order valence-corrected chi connectivity index (χ4v) is 2.35. The highest BCUT2D eigenvalue weighted by atomic mass is 16.1. The molecule has 0 saturated heterocycles. The summed E-state index contributed by atoms with van der Waals surface area (Å²) in [6, 6.07) is 10.0. The first kappa shape index (κ1) is 14.1. The third-order valence-corrected chi connectivity index (χ3v) is 3.40. The number of hydrogen-bond acceptors (Lipinski definition) is 2. The molecule has 0 fully saturated rings. The summed E-state index contributed by atoms with van der Waals surface area (Å²) in [6.45, 7) is 5.96. The molecule has 0 bridgehead atoms. The first-order valence-corrected chi connectivity index (χ1v) is 6.62. The van der Waals surface area contributed by atoms with Gasteiger partial charge in [-0.2, -0.15) is 5.26 Å². The molecule has 3 heteroatoms. The van der Waals surface area contributed by atoms with Gasteiger partial charge in [0.05, 0.1) is 0 Å². The summed E-state index contributed by atoms with van der Waals surface area (Å²) in [5, 5.41) is 12.0. The number of nitrogens with zero attached hydrogens (tertiary/aromatic N) is 1. The highest BCUT2D eigenvalue weighted by Gasteiger charge is 2.30. The zero-order valence-corrected chi connectivity index (χ0v) is 12.0. The molecule has 0 atom stereocenters. The maximum Gasteiger partial charge on any atom is 0.262 e. The Labute approximate surface area is 119 Å². The molecule has 1 aromatic carbocycles. The second-order valence-corrected chi connectivity index (χ2v) is 5.72. The first-order chi connectivity index (χ1) is 9.43. The predicted molar refractivity (Wildman–Crippen MR) is 79.7 cm³/mol. The van der Waals surface area contributed by atoms with Crippen molar-refractivity contribution in [2.24, 2.45) is 0 Å². The number of nitrogens with one attached hydrogen (secondary N) is 1. The van der Waals surface area contributed by atoms with Crippen molar-refractivity contribution < 1.29 is 4.79 Å². The van der Waals surface area contributed by atoms with Crippen molar-refractivity contribution in [3.05, 3.63) is 52.6 Å². The summed E-state index contributed by atoms with van der Waals surface area (Å²) in [5.41, 5.74) is 2.96. The average molecular weight is 266 g/mol. The van der Waals surface area contributed by atoms with Crippen LogP contribution in [-0.2, 0) is 4.79 Å². The zero-order valence-electron chi connectivity index (χ0n) is 12.0. The van der Waals surface area contributed by atoms with Crippen LogP contribution in [0.5, 0.6) is 0 Å². The van der Waals surface area contributed by atoms with Crippen LogP contribution in [0.4, 0.5) is 0 Å². The van der Waals surface area contributed by atoms with Crippen LogP contribution in [0.15, 0.2) is 41.5 Å². The molecular formula is C17H18N2O. The Kier molecular flexibility index (Phi) is 3.76. The molecule has 2 rings (SSSR count). The number of hydrogen-bond donors (Lipinski definition) is 1. The smallest absolute Gasteiger partial charge is 0.262 e. The van der Waals surface area contributed by atoms with Gasteiger partial charge in [-0.15, -0.1) is 0 Å². The largest absolute Gasteiger partial charge is 0.346 e. The Morgan fingerprint density at radius 2 is 2.00 bits per heavy atom. The number of benzene rings is 1. The number of carbonyl (C=O) groups excluding carboxylic acids is 1. The van der Waals surface area contributed by atoms with Gasteiger partial charge in [-0.25, -0.2) is 0 Å². The minimum absolute atomic E-state index is 0.217. The third-order valence-electron chi connectivity index (χ3n) is 3.40. The summed E-state index contributed by atoms with van der Waals surface area (Å²) < 4.78 is 0. The SMILES string of the molecule is Cc1ccccc1/C=C/C1=C(C#N)C(=O)NC(C)(C)C1. The van der Waals surface area contributed by atoms with Gasteiger partial charge in [-0.3, -0.25) is 4.79 Å². The fraction of sp³-hybridized carbons (Fsp3) is 0.294. The van der Waals surface area contributed by atoms with Crippen LogP contribution < -0.4 is 5.32 Å². The summed E-state index contributed by atoms with van der Waals surface area (Å²) in [6.07, 6.45) is 4.52. The van der Waals surface area contributed by atoms with E-state index in [-0.39, 0.29) is 17.0 Å². The molecule has 0 radical (unpaired) electrons. The van der Waals surface area contributed by atoms with Crippen molar-refractivity contribution in [3.63, 3.8) is 0 Å². The Morgan fingerprint density at radius 1 is 1.30 bits per heavy atom. The lowest BCUT2D eigenvalue weighted by Crippen LogP contribution is -2.47. The standard InChI is InChI=1S/C17H18N2O/c1-12-6-4-5-7-13(12)8-9-14-10-17(2,3)19-16(20)15(14)11-18/h4-9H,10H2,1-3H3,(H,19,20)/b9-8+. The van der Waals surface area contributed by atoms with E-state index in [4.69, 9.17) is 5.26 Å². The average Bonchev–Trinajstić information content (AvgIpc) is 2.36. The lowest BCUT2D eigenvalue weighted by Gasteiger charge is -2.31. The molecule has 0 saturated carbocycles. The Balaban J connectivity index is 2.38. The summed E-state index contributed by atoms with van der Waals surface area (Å²) in [4.78, 5) is 11.9. The molecule has 20 heavy (non-hydrogen) atoms. The molecule has 1 aromatic rings.